The molecule has 0 aliphatic carbocycles. The van der Waals surface area contributed by atoms with Crippen molar-refractivity contribution in [3.63, 3.8) is 0 Å². The van der Waals surface area contributed by atoms with E-state index in [-0.39, 0.29) is 32.0 Å². The molecule has 1 aliphatic heterocycles. The number of rotatable bonds is 13. The Hall–Kier alpha value is -4.11. The molecule has 0 saturated heterocycles. The van der Waals surface area contributed by atoms with Gasteiger partial charge in [-0.25, -0.2) is 4.99 Å². The quantitative estimate of drug-likeness (QED) is 0.0837. The topological polar surface area (TPSA) is 129 Å². The Morgan fingerprint density at radius 2 is 1.90 bits per heavy atom. The summed E-state index contributed by atoms with van der Waals surface area (Å²) in [6.45, 7) is 4.61. The summed E-state index contributed by atoms with van der Waals surface area (Å²) < 4.78 is 13.1. The highest BCUT2D eigenvalue weighted by molar-refractivity contribution is 9.10. The third kappa shape index (κ3) is 6.71. The average Bonchev–Trinajstić information content (AvgIpc) is 3.36. The number of nitrogens with one attached hydrogen (secondary N) is 1. The maximum Gasteiger partial charge on any atom is 0.252 e. The Kier molecular flexibility index (Phi) is 9.96. The maximum absolute atomic E-state index is 14.0. The van der Waals surface area contributed by atoms with Crippen molar-refractivity contribution in [1.29, 1.82) is 0 Å². The second kappa shape index (κ2) is 13.8. The summed E-state index contributed by atoms with van der Waals surface area (Å²) in [7, 11) is 0. The fourth-order valence-corrected chi connectivity index (χ4v) is 4.78. The number of carbonyl (C=O) groups is 1. The summed E-state index contributed by atoms with van der Waals surface area (Å²) in [5, 5.41) is 15.7. The number of hydrogen-bond acceptors (Lipinski definition) is 6. The van der Waals surface area contributed by atoms with E-state index in [0.717, 1.165) is 21.2 Å². The largest absolute Gasteiger partial charge is 0.494 e. The van der Waals surface area contributed by atoms with Crippen LogP contribution in [0.4, 0.5) is 0 Å². The molecule has 0 saturated carbocycles. The smallest absolute Gasteiger partial charge is 0.252 e. The van der Waals surface area contributed by atoms with Gasteiger partial charge in [0.2, 0.25) is 5.90 Å². The first kappa shape index (κ1) is 28.9. The number of hydrogen-bond donors (Lipinski definition) is 2. The van der Waals surface area contributed by atoms with Crippen molar-refractivity contribution < 1.29 is 19.4 Å². The van der Waals surface area contributed by atoms with Crippen molar-refractivity contribution in [2.45, 2.75) is 31.0 Å². The van der Waals surface area contributed by atoms with Gasteiger partial charge in [-0.3, -0.25) is 4.79 Å². The molecule has 2 atom stereocenters. The van der Waals surface area contributed by atoms with Crippen molar-refractivity contribution >= 4 is 27.7 Å². The fraction of sp³-hybridized carbons (Fsp3) is 0.267. The van der Waals surface area contributed by atoms with Crippen molar-refractivity contribution in [2.75, 3.05) is 19.8 Å². The lowest BCUT2D eigenvalue weighted by Crippen LogP contribution is -2.50. The van der Waals surface area contributed by atoms with Crippen LogP contribution < -0.4 is 10.1 Å². The first-order valence-electron chi connectivity index (χ1n) is 12.8. The summed E-state index contributed by atoms with van der Waals surface area (Å²) in [4.78, 5) is 21.9. The predicted molar refractivity (Wildman–Crippen MR) is 157 cm³/mol. The molecule has 0 spiro atoms. The highest BCUT2D eigenvalue weighted by Gasteiger charge is 2.53. The average molecular weight is 605 g/mol. The molecule has 1 amide bonds. The SMILES string of the molecule is C=CCNC(=O)[C@]1(Cc2ccccc2CN=[N+]=[N-])N=C(c2ccc(OCCCO)cc2)O[C@@H]1c1ccc(Br)cc1. The van der Waals surface area contributed by atoms with Gasteiger partial charge in [-0.1, -0.05) is 63.5 Å². The zero-order chi connectivity index (χ0) is 28.4. The van der Waals surface area contributed by atoms with E-state index in [9.17, 15) is 4.79 Å². The van der Waals surface area contributed by atoms with Crippen LogP contribution in [0, 0.1) is 0 Å². The van der Waals surface area contributed by atoms with Crippen LogP contribution >= 0.6 is 15.9 Å². The van der Waals surface area contributed by atoms with E-state index in [1.54, 1.807) is 18.2 Å². The molecule has 0 radical (unpaired) electrons. The molecule has 0 aromatic heterocycles. The molecule has 0 bridgehead atoms. The fourth-order valence-electron chi connectivity index (χ4n) is 4.52. The van der Waals surface area contributed by atoms with Gasteiger partial charge in [0, 0.05) is 40.9 Å². The number of benzene rings is 3. The number of nitrogens with zero attached hydrogens (tertiary/aromatic N) is 4. The summed E-state index contributed by atoms with van der Waals surface area (Å²) in [5.41, 5.74) is 10.7. The van der Waals surface area contributed by atoms with Crippen molar-refractivity contribution in [3.05, 3.63) is 123 Å². The van der Waals surface area contributed by atoms with E-state index in [0.29, 0.717) is 30.2 Å². The van der Waals surface area contributed by atoms with Crippen LogP contribution in [-0.4, -0.2) is 42.2 Å². The van der Waals surface area contributed by atoms with Gasteiger partial charge in [-0.15, -0.1) is 6.58 Å². The molecule has 1 heterocycles. The molecular weight excluding hydrogens is 574 g/mol. The van der Waals surface area contributed by atoms with Gasteiger partial charge < -0.3 is 19.9 Å². The van der Waals surface area contributed by atoms with E-state index in [1.165, 1.54) is 0 Å². The van der Waals surface area contributed by atoms with Gasteiger partial charge in [-0.2, -0.15) is 0 Å². The molecule has 0 fully saturated rings. The van der Waals surface area contributed by atoms with Gasteiger partial charge in [0.15, 0.2) is 11.6 Å². The van der Waals surface area contributed by atoms with E-state index >= 15 is 0 Å². The van der Waals surface area contributed by atoms with Crippen LogP contribution in [-0.2, 0) is 22.5 Å². The Labute approximate surface area is 241 Å². The van der Waals surface area contributed by atoms with E-state index in [1.807, 2.05) is 60.7 Å². The second-order valence-corrected chi connectivity index (χ2v) is 10.1. The number of aliphatic hydroxyl groups is 1. The van der Waals surface area contributed by atoms with Crippen LogP contribution in [0.25, 0.3) is 10.4 Å². The molecule has 3 aromatic carbocycles. The molecule has 0 unspecified atom stereocenters. The number of ether oxygens (including phenoxy) is 2. The van der Waals surface area contributed by atoms with Crippen molar-refractivity contribution in [2.24, 2.45) is 10.1 Å². The molecule has 10 heteroatoms. The predicted octanol–water partition coefficient (Wildman–Crippen LogP) is 5.82. The number of halogens is 1. The molecule has 4 rings (SSSR count). The highest BCUT2D eigenvalue weighted by atomic mass is 79.9. The normalized spacial score (nSPS) is 17.8. The lowest BCUT2D eigenvalue weighted by Gasteiger charge is -2.31. The second-order valence-electron chi connectivity index (χ2n) is 9.17. The Bertz CT molecular complexity index is 1400. The van der Waals surface area contributed by atoms with Gasteiger partial charge in [0.25, 0.3) is 5.91 Å². The Balaban J connectivity index is 1.81. The molecular formula is C30H30BrN5O4. The molecule has 206 valence electrons. The zero-order valence-corrected chi connectivity index (χ0v) is 23.5. The molecule has 9 nitrogen and oxygen atoms in total. The monoisotopic (exact) mass is 603 g/mol. The van der Waals surface area contributed by atoms with Crippen LogP contribution in [0.15, 0.2) is 100 Å². The van der Waals surface area contributed by atoms with Gasteiger partial charge >= 0.3 is 0 Å². The van der Waals surface area contributed by atoms with Crippen LogP contribution in [0.2, 0.25) is 0 Å². The number of amides is 1. The number of azide groups is 1. The Morgan fingerprint density at radius 1 is 1.18 bits per heavy atom. The highest BCUT2D eigenvalue weighted by Crippen LogP contribution is 2.43. The van der Waals surface area contributed by atoms with Crippen molar-refractivity contribution in [1.82, 2.24) is 5.32 Å². The molecule has 2 N–H and O–H groups in total. The third-order valence-corrected chi connectivity index (χ3v) is 7.02. The van der Waals surface area contributed by atoms with E-state index < -0.39 is 11.6 Å². The zero-order valence-electron chi connectivity index (χ0n) is 21.9. The van der Waals surface area contributed by atoms with Gasteiger partial charge in [-0.05, 0) is 58.6 Å². The van der Waals surface area contributed by atoms with Crippen molar-refractivity contribution in [3.8, 4) is 5.75 Å². The maximum atomic E-state index is 14.0. The minimum Gasteiger partial charge on any atom is -0.494 e. The lowest BCUT2D eigenvalue weighted by molar-refractivity contribution is -0.128. The minimum atomic E-state index is -1.37. The van der Waals surface area contributed by atoms with Crippen LogP contribution in [0.5, 0.6) is 5.75 Å². The molecule has 3 aromatic rings. The van der Waals surface area contributed by atoms with Gasteiger partial charge in [0.1, 0.15) is 5.75 Å². The number of carbonyl (C=O) groups excluding carboxylic acids is 1. The first-order valence-corrected chi connectivity index (χ1v) is 13.6. The number of aliphatic hydroxyl groups excluding tert-OH is 1. The minimum absolute atomic E-state index is 0.0577. The Morgan fingerprint density at radius 3 is 2.58 bits per heavy atom. The van der Waals surface area contributed by atoms with Crippen LogP contribution in [0.1, 0.15) is 34.8 Å². The standard InChI is InChI=1S/C30H30BrN5O4/c1-2-16-33-29(38)30(19-23-6-3-4-7-24(23)20-34-36-32)27(21-8-12-25(31)13-9-21)40-28(35-30)22-10-14-26(15-11-22)39-18-5-17-37/h2-4,6-15,27,37H,1,5,16-20H2,(H,33,38)/t27-,30-/m1/s1. The third-order valence-electron chi connectivity index (χ3n) is 6.49. The molecule has 40 heavy (non-hydrogen) atoms. The van der Waals surface area contributed by atoms with Gasteiger partial charge in [0.05, 0.1) is 13.2 Å². The van der Waals surface area contributed by atoms with E-state index in [4.69, 9.17) is 25.1 Å². The summed E-state index contributed by atoms with van der Waals surface area (Å²) >= 11 is 3.49. The summed E-state index contributed by atoms with van der Waals surface area (Å²) in [6.07, 6.45) is 1.62. The summed E-state index contributed by atoms with van der Waals surface area (Å²) in [6, 6.07) is 22.4. The summed E-state index contributed by atoms with van der Waals surface area (Å²) in [5.74, 6) is 0.677. The lowest BCUT2D eigenvalue weighted by atomic mass is 9.81. The van der Waals surface area contributed by atoms with E-state index in [2.05, 4.69) is 37.9 Å². The number of aliphatic imine (C=N–C) groups is 1. The molecule has 1 aliphatic rings. The van der Waals surface area contributed by atoms with Crippen LogP contribution in [0.3, 0.4) is 0 Å². The first-order chi connectivity index (χ1) is 19.5.